The van der Waals surface area contributed by atoms with Crippen LogP contribution in [0.3, 0.4) is 0 Å². The Morgan fingerprint density at radius 3 is 2.56 bits per heavy atom. The maximum absolute atomic E-state index is 12.6. The first-order valence-electron chi connectivity index (χ1n) is 7.53. The van der Waals surface area contributed by atoms with Gasteiger partial charge in [0.1, 0.15) is 5.75 Å². The molecule has 0 bridgehead atoms. The normalized spacial score (nSPS) is 15.5. The molecule has 2 amide bonds. The van der Waals surface area contributed by atoms with Crippen LogP contribution in [0.4, 0.5) is 10.5 Å². The molecule has 1 aliphatic rings. The topological polar surface area (TPSA) is 83.9 Å². The molecule has 0 aliphatic carbocycles. The van der Waals surface area contributed by atoms with E-state index in [1.165, 1.54) is 18.2 Å². The molecule has 1 fully saturated rings. The Kier molecular flexibility index (Phi) is 5.74. The molecule has 0 spiro atoms. The van der Waals surface area contributed by atoms with E-state index in [1.807, 2.05) is 0 Å². The van der Waals surface area contributed by atoms with Crippen molar-refractivity contribution in [1.82, 2.24) is 0 Å². The highest BCUT2D eigenvalue weighted by Crippen LogP contribution is 2.38. The van der Waals surface area contributed by atoms with E-state index in [-0.39, 0.29) is 15.7 Å². The van der Waals surface area contributed by atoms with E-state index < -0.39 is 23.7 Å². The molecule has 2 aromatic carbocycles. The second-order valence-corrected chi connectivity index (χ2v) is 7.15. The van der Waals surface area contributed by atoms with Crippen LogP contribution in [0.5, 0.6) is 5.75 Å². The van der Waals surface area contributed by atoms with E-state index in [0.29, 0.717) is 16.3 Å². The second-order valence-electron chi connectivity index (χ2n) is 5.34. The molecule has 0 unspecified atom stereocenters. The van der Waals surface area contributed by atoms with Crippen molar-refractivity contribution in [2.45, 2.75) is 0 Å². The number of carboxylic acid groups (broad SMARTS) is 1. The van der Waals surface area contributed by atoms with Crippen molar-refractivity contribution in [1.29, 1.82) is 0 Å². The van der Waals surface area contributed by atoms with Crippen LogP contribution in [-0.2, 0) is 9.59 Å². The van der Waals surface area contributed by atoms with E-state index in [2.05, 4.69) is 0 Å². The minimum absolute atomic E-state index is 0.190. The number of nitrogens with zero attached hydrogens (tertiary/aromatic N) is 1. The van der Waals surface area contributed by atoms with Gasteiger partial charge in [0, 0.05) is 0 Å². The van der Waals surface area contributed by atoms with Crippen molar-refractivity contribution in [3.8, 4) is 5.75 Å². The van der Waals surface area contributed by atoms with E-state index in [4.69, 9.17) is 33.0 Å². The summed E-state index contributed by atoms with van der Waals surface area (Å²) in [6.45, 7) is -0.518. The maximum Gasteiger partial charge on any atom is 0.341 e. The van der Waals surface area contributed by atoms with Crippen molar-refractivity contribution in [3.05, 3.63) is 63.0 Å². The third-order valence-electron chi connectivity index (χ3n) is 3.49. The van der Waals surface area contributed by atoms with Gasteiger partial charge in [0.05, 0.1) is 20.6 Å². The first-order chi connectivity index (χ1) is 12.9. The van der Waals surface area contributed by atoms with Gasteiger partial charge in [-0.3, -0.25) is 9.59 Å². The molecule has 1 aliphatic heterocycles. The first-order valence-corrected chi connectivity index (χ1v) is 9.10. The Morgan fingerprint density at radius 2 is 1.89 bits per heavy atom. The van der Waals surface area contributed by atoms with E-state index in [1.54, 1.807) is 30.3 Å². The summed E-state index contributed by atoms with van der Waals surface area (Å²) in [5.41, 5.74) is 0.882. The molecule has 0 aromatic heterocycles. The largest absolute Gasteiger partial charge is 0.480 e. The van der Waals surface area contributed by atoms with Gasteiger partial charge in [-0.1, -0.05) is 41.4 Å². The molecular formula is C18H11Cl2NO5S. The van der Waals surface area contributed by atoms with Crippen LogP contribution in [0.1, 0.15) is 5.56 Å². The van der Waals surface area contributed by atoms with E-state index >= 15 is 0 Å². The van der Waals surface area contributed by atoms with Crippen LogP contribution in [-0.4, -0.2) is 28.8 Å². The minimum atomic E-state index is -1.12. The average molecular weight is 424 g/mol. The number of thioether (sulfide) groups is 1. The molecule has 0 saturated carbocycles. The Balaban J connectivity index is 1.85. The molecule has 27 heavy (non-hydrogen) atoms. The third kappa shape index (κ3) is 4.27. The molecule has 9 heteroatoms. The zero-order valence-corrected chi connectivity index (χ0v) is 15.8. The molecule has 2 aromatic rings. The van der Waals surface area contributed by atoms with E-state index in [9.17, 15) is 14.4 Å². The molecule has 6 nitrogen and oxygen atoms in total. The van der Waals surface area contributed by atoms with Crippen molar-refractivity contribution in [3.63, 3.8) is 0 Å². The number of hydrogen-bond acceptors (Lipinski definition) is 5. The van der Waals surface area contributed by atoms with Crippen LogP contribution >= 0.6 is 35.0 Å². The molecule has 1 heterocycles. The average Bonchev–Trinajstić information content (AvgIpc) is 2.88. The van der Waals surface area contributed by atoms with Crippen molar-refractivity contribution < 1.29 is 24.2 Å². The number of aliphatic carboxylic acids is 1. The number of amides is 2. The predicted octanol–water partition coefficient (Wildman–Crippen LogP) is 4.70. The molecule has 3 rings (SSSR count). The maximum atomic E-state index is 12.6. The summed E-state index contributed by atoms with van der Waals surface area (Å²) in [6.07, 6.45) is 1.52. The number of anilines is 1. The van der Waals surface area contributed by atoms with Crippen LogP contribution < -0.4 is 9.64 Å². The lowest BCUT2D eigenvalue weighted by Crippen LogP contribution is -2.27. The highest BCUT2D eigenvalue weighted by atomic mass is 35.5. The molecule has 138 valence electrons. The van der Waals surface area contributed by atoms with Crippen LogP contribution in [0.25, 0.3) is 6.08 Å². The van der Waals surface area contributed by atoms with Gasteiger partial charge in [0.15, 0.2) is 6.61 Å². The molecule has 1 N–H and O–H groups in total. The van der Waals surface area contributed by atoms with Crippen LogP contribution in [0, 0.1) is 0 Å². The predicted molar refractivity (Wildman–Crippen MR) is 104 cm³/mol. The quantitative estimate of drug-likeness (QED) is 0.701. The van der Waals surface area contributed by atoms with Crippen LogP contribution in [0.2, 0.25) is 10.0 Å². The highest BCUT2D eigenvalue weighted by Gasteiger charge is 2.37. The number of imide groups is 1. The van der Waals surface area contributed by atoms with Gasteiger partial charge >= 0.3 is 5.97 Å². The van der Waals surface area contributed by atoms with Gasteiger partial charge in [-0.05, 0) is 47.7 Å². The zero-order chi connectivity index (χ0) is 19.6. The molecule has 0 atom stereocenters. The fraction of sp³-hybridized carbons (Fsp3) is 0.0556. The van der Waals surface area contributed by atoms with Gasteiger partial charge < -0.3 is 9.84 Å². The summed E-state index contributed by atoms with van der Waals surface area (Å²) in [7, 11) is 0. The van der Waals surface area contributed by atoms with Crippen molar-refractivity contribution in [2.24, 2.45) is 0 Å². The fourth-order valence-electron chi connectivity index (χ4n) is 2.32. The Morgan fingerprint density at radius 1 is 1.15 bits per heavy atom. The number of para-hydroxylation sites is 1. The minimum Gasteiger partial charge on any atom is -0.480 e. The summed E-state index contributed by atoms with van der Waals surface area (Å²) >= 11 is 13.0. The number of carboxylic acids is 1. The summed E-state index contributed by atoms with van der Waals surface area (Å²) in [5, 5.41) is 8.67. The SMILES string of the molecule is O=C(O)COc1ccc(C=C2SC(=O)N(c3ccccc3Cl)C2=O)cc1Cl. The number of benzene rings is 2. The lowest BCUT2D eigenvalue weighted by atomic mass is 10.2. The zero-order valence-electron chi connectivity index (χ0n) is 13.5. The number of hydrogen-bond donors (Lipinski definition) is 1. The number of halogens is 2. The first kappa shape index (κ1) is 19.3. The lowest BCUT2D eigenvalue weighted by molar-refractivity contribution is -0.139. The van der Waals surface area contributed by atoms with Crippen LogP contribution in [0.15, 0.2) is 47.4 Å². The van der Waals surface area contributed by atoms with Gasteiger partial charge in [-0.2, -0.15) is 0 Å². The van der Waals surface area contributed by atoms with Gasteiger partial charge in [0.25, 0.3) is 11.1 Å². The summed E-state index contributed by atoms with van der Waals surface area (Å²) in [5.74, 6) is -1.40. The number of rotatable bonds is 5. The number of carbonyl (C=O) groups is 3. The fourth-order valence-corrected chi connectivity index (χ4v) is 3.62. The molecule has 1 saturated heterocycles. The summed E-state index contributed by atoms with van der Waals surface area (Å²) < 4.78 is 5.05. The number of ether oxygens (including phenoxy) is 1. The van der Waals surface area contributed by atoms with Crippen molar-refractivity contribution in [2.75, 3.05) is 11.5 Å². The molecule has 0 radical (unpaired) electrons. The second kappa shape index (κ2) is 8.04. The van der Waals surface area contributed by atoms with Gasteiger partial charge in [-0.15, -0.1) is 0 Å². The standard InChI is InChI=1S/C18H11Cl2NO5S/c19-11-3-1-2-4-13(11)21-17(24)15(27-18(21)25)8-10-5-6-14(12(20)7-10)26-9-16(22)23/h1-8H,9H2,(H,22,23). The van der Waals surface area contributed by atoms with Gasteiger partial charge in [0.2, 0.25) is 0 Å². The van der Waals surface area contributed by atoms with Crippen molar-refractivity contribution >= 4 is 63.8 Å². The highest BCUT2D eigenvalue weighted by molar-refractivity contribution is 8.19. The Bertz CT molecular complexity index is 976. The Hall–Kier alpha value is -2.48. The Labute approximate surface area is 168 Å². The van der Waals surface area contributed by atoms with E-state index in [0.717, 1.165) is 16.7 Å². The number of carbonyl (C=O) groups excluding carboxylic acids is 2. The smallest absolute Gasteiger partial charge is 0.341 e. The van der Waals surface area contributed by atoms with Gasteiger partial charge in [-0.25, -0.2) is 9.69 Å². The summed E-state index contributed by atoms with van der Waals surface area (Å²) in [4.78, 5) is 36.7. The third-order valence-corrected chi connectivity index (χ3v) is 4.98. The molecular weight excluding hydrogens is 413 g/mol. The monoisotopic (exact) mass is 423 g/mol. The lowest BCUT2D eigenvalue weighted by Gasteiger charge is -2.13. The summed E-state index contributed by atoms with van der Waals surface area (Å²) in [6, 6.07) is 11.2.